The van der Waals surface area contributed by atoms with Gasteiger partial charge in [0.1, 0.15) is 5.82 Å². The Morgan fingerprint density at radius 1 is 1.19 bits per heavy atom. The number of benzene rings is 1. The molecule has 2 N–H and O–H groups in total. The van der Waals surface area contributed by atoms with Gasteiger partial charge < -0.3 is 19.9 Å². The molecule has 0 spiro atoms. The summed E-state index contributed by atoms with van der Waals surface area (Å²) in [4.78, 5) is 27.8. The second kappa shape index (κ2) is 11.2. The number of guanidine groups is 1. The average molecular weight is 499 g/mol. The van der Waals surface area contributed by atoms with E-state index in [0.29, 0.717) is 44.0 Å². The number of morpholine rings is 1. The fraction of sp³-hybridized carbons (Fsp3) is 0.385. The average Bonchev–Trinajstić information content (AvgIpc) is 2.94. The van der Waals surface area contributed by atoms with Crippen molar-refractivity contribution >= 4 is 23.4 Å². The number of aliphatic imine (C=N–C) groups is 1. The molecule has 0 bridgehead atoms. The number of hydrogen-bond donors (Lipinski definition) is 2. The molecule has 1 aromatic carbocycles. The number of anilines is 3. The fourth-order valence-corrected chi connectivity index (χ4v) is 4.61. The number of nitrogens with one attached hydrogen (secondary N) is 2. The van der Waals surface area contributed by atoms with E-state index < -0.39 is 0 Å². The standard InChI is InChI=1S/C26H30N10O/c1-3-28-25(31-17-27)32-20-7-5-19(6-8-20)23-33-22-15-35(26-29-10-4-11-30-26)12-9-21(22)24(34-23)36-13-14-37-16-18(36)2/h4-8,10-11,18H,3,9,12-16H2,1-2H3,(H2,28,31,32). The molecule has 1 unspecified atom stereocenters. The quantitative estimate of drug-likeness (QED) is 0.234. The topological polar surface area (TPSA) is 127 Å². The first-order valence-corrected chi connectivity index (χ1v) is 12.5. The smallest absolute Gasteiger partial charge is 0.225 e. The Morgan fingerprint density at radius 2 is 2.00 bits per heavy atom. The van der Waals surface area contributed by atoms with E-state index in [1.165, 1.54) is 5.56 Å². The molecule has 2 aliphatic heterocycles. The molecule has 0 saturated carbocycles. The number of nitriles is 1. The first-order valence-electron chi connectivity index (χ1n) is 12.5. The van der Waals surface area contributed by atoms with Gasteiger partial charge in [0.15, 0.2) is 12.0 Å². The molecule has 4 heterocycles. The lowest BCUT2D eigenvalue weighted by Crippen LogP contribution is -2.45. The summed E-state index contributed by atoms with van der Waals surface area (Å²) in [5.74, 6) is 2.78. The van der Waals surface area contributed by atoms with Gasteiger partial charge in [-0.2, -0.15) is 5.26 Å². The van der Waals surface area contributed by atoms with E-state index >= 15 is 0 Å². The second-order valence-corrected chi connectivity index (χ2v) is 8.90. The van der Waals surface area contributed by atoms with Gasteiger partial charge in [0.2, 0.25) is 11.9 Å². The molecular formula is C26H30N10O. The third-order valence-electron chi connectivity index (χ3n) is 6.41. The summed E-state index contributed by atoms with van der Waals surface area (Å²) in [7, 11) is 0. The Hall–Kier alpha value is -4.30. The maximum absolute atomic E-state index is 8.95. The molecule has 1 fully saturated rings. The van der Waals surface area contributed by atoms with Crippen molar-refractivity contribution in [1.29, 1.82) is 5.26 Å². The van der Waals surface area contributed by atoms with Crippen molar-refractivity contribution in [2.45, 2.75) is 32.9 Å². The number of aromatic nitrogens is 4. The lowest BCUT2D eigenvalue weighted by Gasteiger charge is -2.37. The number of fused-ring (bicyclic) bond motifs is 1. The van der Waals surface area contributed by atoms with Crippen LogP contribution < -0.4 is 20.4 Å². The van der Waals surface area contributed by atoms with Crippen LogP contribution in [0.25, 0.3) is 11.4 Å². The Balaban J connectivity index is 1.49. The highest BCUT2D eigenvalue weighted by molar-refractivity contribution is 5.94. The maximum Gasteiger partial charge on any atom is 0.225 e. The molecule has 1 saturated heterocycles. The van der Waals surface area contributed by atoms with Crippen LogP contribution in [0.15, 0.2) is 47.7 Å². The lowest BCUT2D eigenvalue weighted by atomic mass is 10.0. The van der Waals surface area contributed by atoms with E-state index in [1.54, 1.807) is 12.4 Å². The molecule has 1 atom stereocenters. The van der Waals surface area contributed by atoms with E-state index in [9.17, 15) is 0 Å². The van der Waals surface area contributed by atoms with Crippen LogP contribution in [0.4, 0.5) is 17.5 Å². The van der Waals surface area contributed by atoms with Crippen molar-refractivity contribution in [1.82, 2.24) is 25.3 Å². The van der Waals surface area contributed by atoms with Crippen LogP contribution in [0.2, 0.25) is 0 Å². The van der Waals surface area contributed by atoms with Gasteiger partial charge in [-0.1, -0.05) is 0 Å². The predicted octanol–water partition coefficient (Wildman–Crippen LogP) is 2.58. The summed E-state index contributed by atoms with van der Waals surface area (Å²) in [6.45, 7) is 8.23. The third-order valence-corrected chi connectivity index (χ3v) is 6.41. The van der Waals surface area contributed by atoms with Gasteiger partial charge in [0.05, 0.1) is 31.5 Å². The molecule has 0 radical (unpaired) electrons. The van der Waals surface area contributed by atoms with Gasteiger partial charge in [-0.25, -0.2) is 19.9 Å². The third kappa shape index (κ3) is 5.44. The molecule has 3 aromatic rings. The van der Waals surface area contributed by atoms with E-state index in [2.05, 4.69) is 42.3 Å². The number of nitrogens with zero attached hydrogens (tertiary/aromatic N) is 8. The van der Waals surface area contributed by atoms with Gasteiger partial charge in [-0.15, -0.1) is 0 Å². The molecule has 2 aromatic heterocycles. The summed E-state index contributed by atoms with van der Waals surface area (Å²) in [5.41, 5.74) is 3.90. The molecule has 0 amide bonds. The summed E-state index contributed by atoms with van der Waals surface area (Å²) < 4.78 is 5.70. The van der Waals surface area contributed by atoms with Gasteiger partial charge >= 0.3 is 0 Å². The van der Waals surface area contributed by atoms with Crippen LogP contribution in [0.1, 0.15) is 25.1 Å². The zero-order valence-electron chi connectivity index (χ0n) is 21.1. The molecule has 11 heteroatoms. The van der Waals surface area contributed by atoms with E-state index in [1.807, 2.05) is 43.4 Å². The largest absolute Gasteiger partial charge is 0.377 e. The highest BCUT2D eigenvalue weighted by Crippen LogP contribution is 2.32. The molecule has 5 rings (SSSR count). The van der Waals surface area contributed by atoms with Crippen LogP contribution in [0.3, 0.4) is 0 Å². The Kier molecular flexibility index (Phi) is 7.37. The fourth-order valence-electron chi connectivity index (χ4n) is 4.61. The SMILES string of the molecule is CCN=C(NC#N)Nc1ccc(-c2nc3c(c(N4CCOCC4C)n2)CCN(c2ncccn2)C3)cc1. The van der Waals surface area contributed by atoms with Gasteiger partial charge in [0.25, 0.3) is 0 Å². The Bertz CT molecular complexity index is 1290. The number of ether oxygens (including phenoxy) is 1. The number of rotatable bonds is 5. The molecule has 190 valence electrons. The summed E-state index contributed by atoms with van der Waals surface area (Å²) >= 11 is 0. The maximum atomic E-state index is 8.95. The monoisotopic (exact) mass is 498 g/mol. The molecule has 37 heavy (non-hydrogen) atoms. The van der Waals surface area contributed by atoms with Crippen LogP contribution in [-0.2, 0) is 17.7 Å². The van der Waals surface area contributed by atoms with E-state index in [0.717, 1.165) is 42.3 Å². The predicted molar refractivity (Wildman–Crippen MR) is 142 cm³/mol. The molecule has 0 aliphatic carbocycles. The Labute approximate surface area is 216 Å². The van der Waals surface area contributed by atoms with Crippen LogP contribution in [0.5, 0.6) is 0 Å². The summed E-state index contributed by atoms with van der Waals surface area (Å²) in [5, 5.41) is 14.7. The minimum absolute atomic E-state index is 0.228. The van der Waals surface area contributed by atoms with Crippen molar-refractivity contribution in [3.8, 4) is 17.6 Å². The molecule has 11 nitrogen and oxygen atoms in total. The van der Waals surface area contributed by atoms with E-state index in [-0.39, 0.29) is 6.04 Å². The number of hydrogen-bond acceptors (Lipinski definition) is 9. The molecular weight excluding hydrogens is 468 g/mol. The summed E-state index contributed by atoms with van der Waals surface area (Å²) in [6.07, 6.45) is 6.26. The lowest BCUT2D eigenvalue weighted by molar-refractivity contribution is 0.0984. The second-order valence-electron chi connectivity index (χ2n) is 8.90. The van der Waals surface area contributed by atoms with E-state index in [4.69, 9.17) is 20.0 Å². The minimum atomic E-state index is 0.228. The van der Waals surface area contributed by atoms with Crippen LogP contribution in [0, 0.1) is 11.5 Å². The van der Waals surface area contributed by atoms with Gasteiger partial charge in [-0.05, 0) is 50.6 Å². The first kappa shape index (κ1) is 24.4. The highest BCUT2D eigenvalue weighted by Gasteiger charge is 2.29. The van der Waals surface area contributed by atoms with Gasteiger partial charge in [-0.3, -0.25) is 10.3 Å². The summed E-state index contributed by atoms with van der Waals surface area (Å²) in [6, 6.07) is 9.88. The van der Waals surface area contributed by atoms with Crippen molar-refractivity contribution < 1.29 is 4.74 Å². The van der Waals surface area contributed by atoms with Crippen LogP contribution in [-0.4, -0.2) is 64.8 Å². The zero-order valence-corrected chi connectivity index (χ0v) is 21.1. The molecule has 2 aliphatic rings. The van der Waals surface area contributed by atoms with Gasteiger partial charge in [0, 0.05) is 48.8 Å². The normalized spacial score (nSPS) is 17.6. The zero-order chi connectivity index (χ0) is 25.6. The van der Waals surface area contributed by atoms with Crippen molar-refractivity contribution in [3.05, 3.63) is 54.0 Å². The van der Waals surface area contributed by atoms with Crippen LogP contribution >= 0.6 is 0 Å². The highest BCUT2D eigenvalue weighted by atomic mass is 16.5. The van der Waals surface area contributed by atoms with Crippen molar-refractivity contribution in [3.63, 3.8) is 0 Å². The Morgan fingerprint density at radius 3 is 2.73 bits per heavy atom. The first-order chi connectivity index (χ1) is 18.2. The minimum Gasteiger partial charge on any atom is -0.377 e. The van der Waals surface area contributed by atoms with Crippen molar-refractivity contribution in [2.24, 2.45) is 4.99 Å². The van der Waals surface area contributed by atoms with Crippen molar-refractivity contribution in [2.75, 3.05) is 48.0 Å².